The second-order valence-electron chi connectivity index (χ2n) is 5.10. The molecule has 0 aromatic heterocycles. The van der Waals surface area contributed by atoms with Crippen LogP contribution < -0.4 is 5.32 Å². The van der Waals surface area contributed by atoms with Crippen molar-refractivity contribution in [1.82, 2.24) is 10.2 Å². The van der Waals surface area contributed by atoms with Gasteiger partial charge in [-0.15, -0.1) is 31.4 Å². The zero-order valence-corrected chi connectivity index (χ0v) is 15.3. The average molecular weight is 400 g/mol. The van der Waals surface area contributed by atoms with E-state index in [0.717, 1.165) is 48.2 Å². The molecule has 0 saturated carbocycles. The number of piperazine rings is 1. The molecule has 1 N–H and O–H groups in total. The second kappa shape index (κ2) is 9.80. The summed E-state index contributed by atoms with van der Waals surface area (Å²) >= 11 is 3.49. The minimum absolute atomic E-state index is 0. The summed E-state index contributed by atoms with van der Waals surface area (Å²) in [5.41, 5.74) is 1.84. The number of nitrogens with zero attached hydrogens (tertiary/aromatic N) is 1. The van der Waals surface area contributed by atoms with E-state index >= 15 is 0 Å². The topological polar surface area (TPSA) is 15.3 Å². The third-order valence-corrected chi connectivity index (χ3v) is 4.16. The first-order chi connectivity index (χ1) is 9.09. The summed E-state index contributed by atoms with van der Waals surface area (Å²) in [6, 6.07) is 5.24. The van der Waals surface area contributed by atoms with Crippen LogP contribution in [-0.2, 0) is 0 Å². The Morgan fingerprint density at radius 1 is 1.38 bits per heavy atom. The van der Waals surface area contributed by atoms with E-state index in [2.05, 4.69) is 32.7 Å². The van der Waals surface area contributed by atoms with Crippen molar-refractivity contribution in [2.45, 2.75) is 19.4 Å². The van der Waals surface area contributed by atoms with E-state index in [1.54, 1.807) is 6.07 Å². The van der Waals surface area contributed by atoms with Crippen molar-refractivity contribution < 1.29 is 4.39 Å². The summed E-state index contributed by atoms with van der Waals surface area (Å²) in [5, 5.41) is 3.33. The van der Waals surface area contributed by atoms with Crippen molar-refractivity contribution in [3.05, 3.63) is 46.2 Å². The Kier molecular flexibility index (Phi) is 9.74. The summed E-state index contributed by atoms with van der Waals surface area (Å²) in [6.07, 6.45) is 0.791. The van der Waals surface area contributed by atoms with Crippen LogP contribution in [0.4, 0.5) is 4.39 Å². The molecule has 2 nitrogen and oxygen atoms in total. The summed E-state index contributed by atoms with van der Waals surface area (Å²) < 4.78 is 15.0. The first kappa shape index (κ1) is 20.9. The van der Waals surface area contributed by atoms with Crippen LogP contribution in [0.3, 0.4) is 0 Å². The summed E-state index contributed by atoms with van der Waals surface area (Å²) in [7, 11) is 0. The molecule has 21 heavy (non-hydrogen) atoms. The normalized spacial score (nSPS) is 16.5. The Labute approximate surface area is 147 Å². The van der Waals surface area contributed by atoms with Crippen molar-refractivity contribution in [3.8, 4) is 0 Å². The summed E-state index contributed by atoms with van der Waals surface area (Å²) in [4.78, 5) is 2.34. The van der Waals surface area contributed by atoms with Gasteiger partial charge in [0.1, 0.15) is 5.82 Å². The monoisotopic (exact) mass is 398 g/mol. The number of rotatable bonds is 4. The lowest BCUT2D eigenvalue weighted by Crippen LogP contribution is -2.45. The Morgan fingerprint density at radius 3 is 2.52 bits per heavy atom. The lowest BCUT2D eigenvalue weighted by molar-refractivity contribution is 0.169. The standard InChI is InChI=1S/C15H20BrFN2.2ClH/c1-11(2)10-14(19-8-6-18-7-9-19)15-12(16)4-3-5-13(15)17;;/h3-5,14,18H,1,6-10H2,2H3;2*1H/t14-;;/m0../s1. The molecule has 0 bridgehead atoms. The molecular weight excluding hydrogens is 378 g/mol. The summed E-state index contributed by atoms with van der Waals surface area (Å²) in [5.74, 6) is -0.140. The van der Waals surface area contributed by atoms with Crippen LogP contribution in [-0.4, -0.2) is 31.1 Å². The van der Waals surface area contributed by atoms with Gasteiger partial charge in [-0.1, -0.05) is 27.6 Å². The average Bonchev–Trinajstić information content (AvgIpc) is 2.38. The number of hydrogen-bond acceptors (Lipinski definition) is 2. The molecule has 1 heterocycles. The molecule has 1 aliphatic heterocycles. The molecule has 6 heteroatoms. The molecule has 1 atom stereocenters. The Hall–Kier alpha value is -0.130. The zero-order valence-electron chi connectivity index (χ0n) is 12.1. The van der Waals surface area contributed by atoms with Crippen molar-refractivity contribution in [1.29, 1.82) is 0 Å². The highest BCUT2D eigenvalue weighted by Crippen LogP contribution is 2.34. The fourth-order valence-electron chi connectivity index (χ4n) is 2.57. The second-order valence-corrected chi connectivity index (χ2v) is 5.95. The summed E-state index contributed by atoms with van der Waals surface area (Å²) in [6.45, 7) is 9.80. The van der Waals surface area contributed by atoms with Crippen LogP contribution in [0.5, 0.6) is 0 Å². The maximum atomic E-state index is 14.2. The van der Waals surface area contributed by atoms with E-state index in [0.29, 0.717) is 0 Å². The van der Waals surface area contributed by atoms with Crippen molar-refractivity contribution in [2.75, 3.05) is 26.2 Å². The predicted molar refractivity (Wildman–Crippen MR) is 95.2 cm³/mol. The van der Waals surface area contributed by atoms with Crippen LogP contribution in [0.25, 0.3) is 0 Å². The van der Waals surface area contributed by atoms with E-state index in [4.69, 9.17) is 0 Å². The fraction of sp³-hybridized carbons (Fsp3) is 0.467. The van der Waals surface area contributed by atoms with E-state index in [9.17, 15) is 4.39 Å². The van der Waals surface area contributed by atoms with E-state index in [1.807, 2.05) is 13.0 Å². The molecule has 1 aromatic carbocycles. The van der Waals surface area contributed by atoms with Crippen LogP contribution >= 0.6 is 40.7 Å². The smallest absolute Gasteiger partial charge is 0.129 e. The quantitative estimate of drug-likeness (QED) is 0.757. The SMILES string of the molecule is C=C(C)C[C@@H](c1c(F)cccc1Br)N1CCNCC1.Cl.Cl. The molecular formula is C15H22BrCl2FN2. The third-order valence-electron chi connectivity index (χ3n) is 3.47. The van der Waals surface area contributed by atoms with E-state index in [1.165, 1.54) is 6.07 Å². The highest BCUT2D eigenvalue weighted by Gasteiger charge is 2.26. The fourth-order valence-corrected chi connectivity index (χ4v) is 3.17. The number of benzene rings is 1. The van der Waals surface area contributed by atoms with E-state index < -0.39 is 0 Å². The van der Waals surface area contributed by atoms with E-state index in [-0.39, 0.29) is 36.7 Å². The number of nitrogens with one attached hydrogen (secondary N) is 1. The maximum Gasteiger partial charge on any atom is 0.129 e. The van der Waals surface area contributed by atoms with Gasteiger partial charge in [-0.05, 0) is 25.5 Å². The van der Waals surface area contributed by atoms with Crippen LogP contribution in [0.15, 0.2) is 34.8 Å². The Bertz CT molecular complexity index is 445. The van der Waals surface area contributed by atoms with Gasteiger partial charge in [-0.25, -0.2) is 4.39 Å². The molecule has 0 unspecified atom stereocenters. The Morgan fingerprint density at radius 2 is 2.00 bits per heavy atom. The molecule has 2 rings (SSSR count). The van der Waals surface area contributed by atoms with Gasteiger partial charge >= 0.3 is 0 Å². The lowest BCUT2D eigenvalue weighted by atomic mass is 9.97. The van der Waals surface area contributed by atoms with Crippen molar-refractivity contribution in [2.24, 2.45) is 0 Å². The van der Waals surface area contributed by atoms with Gasteiger partial charge in [-0.3, -0.25) is 4.90 Å². The molecule has 0 radical (unpaired) electrons. The molecule has 1 aromatic rings. The first-order valence-electron chi connectivity index (χ1n) is 6.62. The van der Waals surface area contributed by atoms with Crippen LogP contribution in [0.1, 0.15) is 24.9 Å². The third kappa shape index (κ3) is 5.53. The van der Waals surface area contributed by atoms with Gasteiger partial charge in [0.05, 0.1) is 0 Å². The maximum absolute atomic E-state index is 14.2. The lowest BCUT2D eigenvalue weighted by Gasteiger charge is -2.36. The predicted octanol–water partition coefficient (Wildman–Crippen LogP) is 4.34. The number of hydrogen-bond donors (Lipinski definition) is 1. The highest BCUT2D eigenvalue weighted by atomic mass is 79.9. The largest absolute Gasteiger partial charge is 0.314 e. The molecule has 1 saturated heterocycles. The highest BCUT2D eigenvalue weighted by molar-refractivity contribution is 9.10. The van der Waals surface area contributed by atoms with Crippen molar-refractivity contribution in [3.63, 3.8) is 0 Å². The van der Waals surface area contributed by atoms with Gasteiger partial charge in [-0.2, -0.15) is 0 Å². The van der Waals surface area contributed by atoms with Gasteiger partial charge < -0.3 is 5.32 Å². The minimum atomic E-state index is -0.140. The first-order valence-corrected chi connectivity index (χ1v) is 7.42. The van der Waals surface area contributed by atoms with Crippen LogP contribution in [0, 0.1) is 5.82 Å². The zero-order chi connectivity index (χ0) is 13.8. The van der Waals surface area contributed by atoms with Gasteiger partial charge in [0, 0.05) is 42.3 Å². The minimum Gasteiger partial charge on any atom is -0.314 e. The number of halogens is 4. The van der Waals surface area contributed by atoms with Crippen LogP contribution in [0.2, 0.25) is 0 Å². The van der Waals surface area contributed by atoms with Gasteiger partial charge in [0.15, 0.2) is 0 Å². The molecule has 0 amide bonds. The molecule has 0 spiro atoms. The van der Waals surface area contributed by atoms with Gasteiger partial charge in [0.25, 0.3) is 0 Å². The molecule has 120 valence electrons. The van der Waals surface area contributed by atoms with Gasteiger partial charge in [0.2, 0.25) is 0 Å². The van der Waals surface area contributed by atoms with Crippen molar-refractivity contribution >= 4 is 40.7 Å². The molecule has 1 fully saturated rings. The molecule has 0 aliphatic carbocycles. The Balaban J connectivity index is 0.00000200. The molecule has 1 aliphatic rings.